The van der Waals surface area contributed by atoms with Gasteiger partial charge in [-0.15, -0.1) is 0 Å². The van der Waals surface area contributed by atoms with Crippen LogP contribution in [0.3, 0.4) is 0 Å². The molecule has 0 aliphatic carbocycles. The first kappa shape index (κ1) is 18.1. The molecule has 4 rings (SSSR count). The third kappa shape index (κ3) is 4.16. The fourth-order valence-electron chi connectivity index (χ4n) is 4.15. The van der Waals surface area contributed by atoms with Gasteiger partial charge in [0.2, 0.25) is 5.91 Å². The first-order chi connectivity index (χ1) is 13.2. The van der Waals surface area contributed by atoms with E-state index in [9.17, 15) is 4.79 Å². The van der Waals surface area contributed by atoms with Crippen molar-refractivity contribution in [1.82, 2.24) is 9.80 Å². The van der Waals surface area contributed by atoms with Crippen LogP contribution < -0.4 is 4.74 Å². The van der Waals surface area contributed by atoms with Crippen LogP contribution in [0, 0.1) is 6.92 Å². The molecule has 2 aliphatic rings. The Bertz CT molecular complexity index is 796. The number of fused-ring (bicyclic) bond motifs is 1. The Labute approximate surface area is 161 Å². The van der Waals surface area contributed by atoms with Crippen LogP contribution in [0.2, 0.25) is 0 Å². The zero-order valence-corrected chi connectivity index (χ0v) is 16.1. The molecular formula is C23H28N2O2. The number of amides is 1. The minimum atomic E-state index is 0.284. The van der Waals surface area contributed by atoms with E-state index in [1.807, 2.05) is 23.1 Å². The molecule has 27 heavy (non-hydrogen) atoms. The SMILES string of the molecule is Cc1ccccc1CN1CCN(C(=O)CC2CCOc3ccccc32)CC1. The maximum atomic E-state index is 12.9. The fraction of sp³-hybridized carbons (Fsp3) is 0.435. The predicted molar refractivity (Wildman–Crippen MR) is 107 cm³/mol. The van der Waals surface area contributed by atoms with Crippen LogP contribution >= 0.6 is 0 Å². The number of carbonyl (C=O) groups excluding carboxylic acids is 1. The lowest BCUT2D eigenvalue weighted by atomic mass is 9.90. The Morgan fingerprint density at radius 2 is 1.78 bits per heavy atom. The van der Waals surface area contributed by atoms with Gasteiger partial charge in [-0.25, -0.2) is 0 Å². The summed E-state index contributed by atoms with van der Waals surface area (Å²) < 4.78 is 5.73. The number of aryl methyl sites for hydroxylation is 1. The molecular weight excluding hydrogens is 336 g/mol. The summed E-state index contributed by atoms with van der Waals surface area (Å²) in [5.74, 6) is 1.52. The zero-order chi connectivity index (χ0) is 18.6. The Morgan fingerprint density at radius 3 is 2.59 bits per heavy atom. The number of nitrogens with zero attached hydrogens (tertiary/aromatic N) is 2. The fourth-order valence-corrected chi connectivity index (χ4v) is 4.15. The summed E-state index contributed by atoms with van der Waals surface area (Å²) in [6.45, 7) is 7.40. The monoisotopic (exact) mass is 364 g/mol. The Balaban J connectivity index is 1.31. The van der Waals surface area contributed by atoms with Gasteiger partial charge in [-0.05, 0) is 42.0 Å². The van der Waals surface area contributed by atoms with Gasteiger partial charge in [0.25, 0.3) is 0 Å². The molecule has 0 aromatic heterocycles. The van der Waals surface area contributed by atoms with Gasteiger partial charge in [-0.1, -0.05) is 42.5 Å². The van der Waals surface area contributed by atoms with Crippen LogP contribution in [0.4, 0.5) is 0 Å². The number of rotatable bonds is 4. The minimum Gasteiger partial charge on any atom is -0.493 e. The lowest BCUT2D eigenvalue weighted by Crippen LogP contribution is -2.48. The molecule has 1 fully saturated rings. The van der Waals surface area contributed by atoms with Crippen molar-refractivity contribution in [3.63, 3.8) is 0 Å². The van der Waals surface area contributed by atoms with E-state index in [-0.39, 0.29) is 11.8 Å². The molecule has 2 aromatic rings. The number of ether oxygens (including phenoxy) is 1. The van der Waals surface area contributed by atoms with Crippen LogP contribution in [0.1, 0.15) is 35.4 Å². The van der Waals surface area contributed by atoms with E-state index in [0.717, 1.165) is 44.9 Å². The molecule has 0 saturated carbocycles. The van der Waals surface area contributed by atoms with Gasteiger partial charge < -0.3 is 9.64 Å². The van der Waals surface area contributed by atoms with Gasteiger partial charge in [0.05, 0.1) is 6.61 Å². The van der Waals surface area contributed by atoms with Crippen LogP contribution in [0.15, 0.2) is 48.5 Å². The smallest absolute Gasteiger partial charge is 0.223 e. The largest absolute Gasteiger partial charge is 0.493 e. The van der Waals surface area contributed by atoms with Crippen molar-refractivity contribution in [2.45, 2.75) is 32.2 Å². The number of carbonyl (C=O) groups is 1. The van der Waals surface area contributed by atoms with E-state index < -0.39 is 0 Å². The summed E-state index contributed by atoms with van der Waals surface area (Å²) in [6, 6.07) is 16.7. The molecule has 2 heterocycles. The standard InChI is InChI=1S/C23H28N2O2/c1-18-6-2-3-7-20(18)17-24-11-13-25(14-12-24)23(26)16-19-10-15-27-22-9-5-4-8-21(19)22/h2-9,19H,10-17H2,1H3. The molecule has 4 heteroatoms. The van der Waals surface area contributed by atoms with E-state index in [1.165, 1.54) is 16.7 Å². The molecule has 1 atom stereocenters. The Hall–Kier alpha value is -2.33. The van der Waals surface area contributed by atoms with E-state index >= 15 is 0 Å². The molecule has 1 saturated heterocycles. The lowest BCUT2D eigenvalue weighted by molar-refractivity contribution is -0.133. The number of hydrogen-bond acceptors (Lipinski definition) is 3. The molecule has 1 unspecified atom stereocenters. The van der Waals surface area contributed by atoms with Crippen molar-refractivity contribution < 1.29 is 9.53 Å². The number of para-hydroxylation sites is 1. The summed E-state index contributed by atoms with van der Waals surface area (Å²) in [4.78, 5) is 17.4. The van der Waals surface area contributed by atoms with Crippen molar-refractivity contribution >= 4 is 5.91 Å². The van der Waals surface area contributed by atoms with Gasteiger partial charge in [0.15, 0.2) is 0 Å². The summed E-state index contributed by atoms with van der Waals surface area (Å²) in [5.41, 5.74) is 3.92. The highest BCUT2D eigenvalue weighted by molar-refractivity contribution is 5.77. The molecule has 0 bridgehead atoms. The van der Waals surface area contributed by atoms with Crippen molar-refractivity contribution in [1.29, 1.82) is 0 Å². The van der Waals surface area contributed by atoms with Crippen molar-refractivity contribution in [2.75, 3.05) is 32.8 Å². The highest BCUT2D eigenvalue weighted by Crippen LogP contribution is 2.35. The summed E-state index contributed by atoms with van der Waals surface area (Å²) in [6.07, 6.45) is 1.52. The maximum absolute atomic E-state index is 12.9. The van der Waals surface area contributed by atoms with E-state index in [1.54, 1.807) is 0 Å². The molecule has 2 aliphatic heterocycles. The molecule has 142 valence electrons. The third-order valence-corrected chi connectivity index (χ3v) is 5.88. The van der Waals surface area contributed by atoms with E-state index in [2.05, 4.69) is 42.2 Å². The third-order valence-electron chi connectivity index (χ3n) is 5.88. The number of hydrogen-bond donors (Lipinski definition) is 0. The molecule has 2 aromatic carbocycles. The number of benzene rings is 2. The van der Waals surface area contributed by atoms with Crippen molar-refractivity contribution in [3.8, 4) is 5.75 Å². The van der Waals surface area contributed by atoms with Gasteiger partial charge in [-0.3, -0.25) is 9.69 Å². The summed E-state index contributed by atoms with van der Waals surface area (Å²) in [7, 11) is 0. The average molecular weight is 364 g/mol. The first-order valence-corrected chi connectivity index (χ1v) is 9.97. The lowest BCUT2D eigenvalue weighted by Gasteiger charge is -2.36. The normalized spacial score (nSPS) is 20.0. The van der Waals surface area contributed by atoms with Gasteiger partial charge >= 0.3 is 0 Å². The Kier molecular flexibility index (Phi) is 5.44. The zero-order valence-electron chi connectivity index (χ0n) is 16.1. The average Bonchev–Trinajstić information content (AvgIpc) is 2.70. The second-order valence-corrected chi connectivity index (χ2v) is 7.66. The Morgan fingerprint density at radius 1 is 1.04 bits per heavy atom. The molecule has 1 amide bonds. The predicted octanol–water partition coefficient (Wildman–Crippen LogP) is 3.60. The minimum absolute atomic E-state index is 0.284. The van der Waals surface area contributed by atoms with E-state index in [0.29, 0.717) is 13.0 Å². The molecule has 0 N–H and O–H groups in total. The molecule has 0 radical (unpaired) electrons. The maximum Gasteiger partial charge on any atom is 0.223 e. The molecule has 4 nitrogen and oxygen atoms in total. The summed E-state index contributed by atoms with van der Waals surface area (Å²) in [5, 5.41) is 0. The number of piperazine rings is 1. The second-order valence-electron chi connectivity index (χ2n) is 7.66. The van der Waals surface area contributed by atoms with Crippen molar-refractivity contribution in [2.24, 2.45) is 0 Å². The molecule has 0 spiro atoms. The van der Waals surface area contributed by atoms with Gasteiger partial charge in [-0.2, -0.15) is 0 Å². The highest BCUT2D eigenvalue weighted by atomic mass is 16.5. The topological polar surface area (TPSA) is 32.8 Å². The van der Waals surface area contributed by atoms with Crippen LogP contribution in [0.25, 0.3) is 0 Å². The van der Waals surface area contributed by atoms with Gasteiger partial charge in [0, 0.05) is 39.1 Å². The second kappa shape index (κ2) is 8.13. The highest BCUT2D eigenvalue weighted by Gasteiger charge is 2.27. The van der Waals surface area contributed by atoms with Crippen LogP contribution in [-0.4, -0.2) is 48.5 Å². The van der Waals surface area contributed by atoms with Gasteiger partial charge in [0.1, 0.15) is 5.75 Å². The van der Waals surface area contributed by atoms with Crippen LogP contribution in [-0.2, 0) is 11.3 Å². The quantitative estimate of drug-likeness (QED) is 0.831. The van der Waals surface area contributed by atoms with Crippen molar-refractivity contribution in [3.05, 3.63) is 65.2 Å². The van der Waals surface area contributed by atoms with Crippen LogP contribution in [0.5, 0.6) is 5.75 Å². The first-order valence-electron chi connectivity index (χ1n) is 9.97. The van der Waals surface area contributed by atoms with E-state index in [4.69, 9.17) is 4.74 Å². The summed E-state index contributed by atoms with van der Waals surface area (Å²) >= 11 is 0.